The molecule has 2 aliphatic heterocycles. The van der Waals surface area contributed by atoms with E-state index < -0.39 is 42.1 Å². The minimum Gasteiger partial charge on any atom is -0.490 e. The molecule has 0 bridgehead atoms. The van der Waals surface area contributed by atoms with Crippen LogP contribution in [-0.4, -0.2) is 82.0 Å². The molecule has 228 valence electrons. The number of nitrogens with zero attached hydrogens (tertiary/aromatic N) is 3. The monoisotopic (exact) mass is 609 g/mol. The van der Waals surface area contributed by atoms with Gasteiger partial charge in [0.2, 0.25) is 5.88 Å². The number of amides is 1. The van der Waals surface area contributed by atoms with Crippen molar-refractivity contribution in [3.8, 4) is 11.6 Å². The molecular weight excluding hydrogens is 575 g/mol. The fraction of sp³-hybridized carbons (Fsp3) is 0.567. The Balaban J connectivity index is 1.21. The van der Waals surface area contributed by atoms with Gasteiger partial charge in [-0.3, -0.25) is 9.69 Å². The van der Waals surface area contributed by atoms with Gasteiger partial charge >= 0.3 is 5.97 Å². The van der Waals surface area contributed by atoms with Gasteiger partial charge in [-0.2, -0.15) is 0 Å². The quantitative estimate of drug-likeness (QED) is 0.377. The molecule has 8 nitrogen and oxygen atoms in total. The van der Waals surface area contributed by atoms with Gasteiger partial charge in [-0.1, -0.05) is 11.6 Å². The molecule has 12 heteroatoms. The maximum absolute atomic E-state index is 15.8. The lowest BCUT2D eigenvalue weighted by Crippen LogP contribution is -2.44. The summed E-state index contributed by atoms with van der Waals surface area (Å²) in [5.74, 6) is -2.53. The minimum atomic E-state index is -1.62. The van der Waals surface area contributed by atoms with Gasteiger partial charge < -0.3 is 19.5 Å². The zero-order chi connectivity index (χ0) is 30.2. The minimum absolute atomic E-state index is 0.0325. The second-order valence-corrected chi connectivity index (χ2v) is 12.2. The Morgan fingerprint density at radius 1 is 1.21 bits per heavy atom. The number of carbonyl (C=O) groups is 2. The number of piperidine rings is 1. The van der Waals surface area contributed by atoms with Gasteiger partial charge in [-0.05, 0) is 68.7 Å². The Morgan fingerprint density at radius 3 is 2.55 bits per heavy atom. The number of ether oxygens (including phenoxy) is 2. The average molecular weight is 610 g/mol. The highest BCUT2D eigenvalue weighted by Gasteiger charge is 2.42. The molecule has 42 heavy (non-hydrogen) atoms. The van der Waals surface area contributed by atoms with E-state index in [0.29, 0.717) is 36.1 Å². The number of carboxylic acids is 1. The summed E-state index contributed by atoms with van der Waals surface area (Å²) in [5.41, 5.74) is -0.471. The number of carboxylic acid groups (broad SMARTS) is 1. The Labute approximate surface area is 247 Å². The standard InChI is InChI=1S/C30H35ClF3N3O5/c1-17(2)42-27-23(31)9-18(13-35-27)14-36-7-5-30(34,6-8-36)16-41-26-12-24(33)22(11-21(26)19-3-4-19)28(38)37-15-20(32)10-25(37)29(39)40/h9,11-13,17,19-20,25H,3-8,10,14-16H2,1-2H3,(H,39,40). The van der Waals surface area contributed by atoms with Gasteiger partial charge in [0.1, 0.15) is 41.1 Å². The van der Waals surface area contributed by atoms with Crippen molar-refractivity contribution in [1.82, 2.24) is 14.8 Å². The van der Waals surface area contributed by atoms with E-state index in [1.54, 1.807) is 12.3 Å². The van der Waals surface area contributed by atoms with Crippen LogP contribution in [0.3, 0.4) is 0 Å². The van der Waals surface area contributed by atoms with E-state index in [4.69, 9.17) is 21.1 Å². The molecule has 3 fully saturated rings. The molecule has 2 aromatic rings. The van der Waals surface area contributed by atoms with Crippen molar-refractivity contribution in [2.45, 2.75) is 82.4 Å². The number of carbonyl (C=O) groups excluding carboxylic acids is 1. The van der Waals surface area contributed by atoms with Crippen LogP contribution in [0.1, 0.15) is 73.4 Å². The first kappa shape index (κ1) is 30.4. The number of likely N-dealkylation sites (tertiary alicyclic amines) is 2. The first-order valence-corrected chi connectivity index (χ1v) is 14.7. The first-order chi connectivity index (χ1) is 19.9. The average Bonchev–Trinajstić information content (AvgIpc) is 3.70. The summed E-state index contributed by atoms with van der Waals surface area (Å²) in [6.07, 6.45) is 1.88. The van der Waals surface area contributed by atoms with Crippen molar-refractivity contribution in [1.29, 1.82) is 0 Å². The molecule has 1 amide bonds. The third kappa shape index (κ3) is 6.94. The largest absolute Gasteiger partial charge is 0.490 e. The van der Waals surface area contributed by atoms with Crippen LogP contribution in [0.25, 0.3) is 0 Å². The second-order valence-electron chi connectivity index (χ2n) is 11.8. The van der Waals surface area contributed by atoms with E-state index in [9.17, 15) is 19.1 Å². The summed E-state index contributed by atoms with van der Waals surface area (Å²) in [7, 11) is 0. The SMILES string of the molecule is CC(C)Oc1ncc(CN2CCC(F)(COc3cc(F)c(C(=O)N4CC(F)CC4C(=O)O)cc3C3CC3)CC2)cc1Cl. The topological polar surface area (TPSA) is 92.2 Å². The molecule has 2 saturated heterocycles. The molecular formula is C30H35ClF3N3O5. The van der Waals surface area contributed by atoms with Crippen molar-refractivity contribution in [3.63, 3.8) is 0 Å². The van der Waals surface area contributed by atoms with Crippen LogP contribution in [0.2, 0.25) is 5.02 Å². The van der Waals surface area contributed by atoms with Crippen LogP contribution in [0.15, 0.2) is 24.4 Å². The summed E-state index contributed by atoms with van der Waals surface area (Å²) >= 11 is 6.30. The van der Waals surface area contributed by atoms with Crippen molar-refractivity contribution in [2.24, 2.45) is 0 Å². The van der Waals surface area contributed by atoms with Gasteiger partial charge in [-0.25, -0.2) is 22.9 Å². The first-order valence-electron chi connectivity index (χ1n) is 14.3. The molecule has 1 aromatic carbocycles. The van der Waals surface area contributed by atoms with E-state index in [0.717, 1.165) is 29.4 Å². The third-order valence-corrected chi connectivity index (χ3v) is 8.27. The highest BCUT2D eigenvalue weighted by atomic mass is 35.5. The van der Waals surface area contributed by atoms with E-state index >= 15 is 8.78 Å². The van der Waals surface area contributed by atoms with Crippen molar-refractivity contribution < 1.29 is 37.3 Å². The van der Waals surface area contributed by atoms with E-state index in [1.165, 1.54) is 6.07 Å². The highest BCUT2D eigenvalue weighted by Crippen LogP contribution is 2.46. The summed E-state index contributed by atoms with van der Waals surface area (Å²) in [5, 5.41) is 9.82. The number of pyridine rings is 1. The number of hydrogen-bond donors (Lipinski definition) is 1. The summed E-state index contributed by atoms with van der Waals surface area (Å²) in [6, 6.07) is 2.88. The Bertz CT molecular complexity index is 1330. The lowest BCUT2D eigenvalue weighted by molar-refractivity contribution is -0.141. The predicted octanol–water partition coefficient (Wildman–Crippen LogP) is 5.56. The van der Waals surface area contributed by atoms with Crippen molar-refractivity contribution in [3.05, 3.63) is 51.9 Å². The van der Waals surface area contributed by atoms with Crippen LogP contribution in [0.4, 0.5) is 13.2 Å². The number of halogens is 4. The highest BCUT2D eigenvalue weighted by molar-refractivity contribution is 6.31. The molecule has 5 rings (SSSR count). The molecule has 2 unspecified atom stereocenters. The van der Waals surface area contributed by atoms with Gasteiger partial charge in [0.05, 0.1) is 18.2 Å². The van der Waals surface area contributed by atoms with Gasteiger partial charge in [0, 0.05) is 38.3 Å². The number of benzene rings is 1. The maximum atomic E-state index is 15.8. The molecule has 3 heterocycles. The summed E-state index contributed by atoms with van der Waals surface area (Å²) in [4.78, 5) is 31.9. The van der Waals surface area contributed by atoms with Crippen LogP contribution < -0.4 is 9.47 Å². The van der Waals surface area contributed by atoms with Crippen LogP contribution in [-0.2, 0) is 11.3 Å². The van der Waals surface area contributed by atoms with E-state index in [2.05, 4.69) is 9.88 Å². The molecule has 0 spiro atoms. The lowest BCUT2D eigenvalue weighted by atomic mass is 9.94. The van der Waals surface area contributed by atoms with E-state index in [-0.39, 0.29) is 49.2 Å². The van der Waals surface area contributed by atoms with Crippen LogP contribution in [0, 0.1) is 5.82 Å². The number of aliphatic carboxylic acids is 1. The number of rotatable bonds is 10. The number of alkyl halides is 2. The molecule has 1 aliphatic carbocycles. The second kappa shape index (κ2) is 12.3. The Hall–Kier alpha value is -3.05. The maximum Gasteiger partial charge on any atom is 0.326 e. The van der Waals surface area contributed by atoms with Crippen molar-refractivity contribution in [2.75, 3.05) is 26.2 Å². The summed E-state index contributed by atoms with van der Waals surface area (Å²) in [6.45, 7) is 4.63. The van der Waals surface area contributed by atoms with E-state index in [1.807, 2.05) is 13.8 Å². The molecule has 1 N–H and O–H groups in total. The third-order valence-electron chi connectivity index (χ3n) is 8.00. The van der Waals surface area contributed by atoms with Crippen molar-refractivity contribution >= 4 is 23.5 Å². The van der Waals surface area contributed by atoms with Crippen LogP contribution >= 0.6 is 11.6 Å². The van der Waals surface area contributed by atoms with Gasteiger partial charge in [0.15, 0.2) is 0 Å². The molecule has 1 aromatic heterocycles. The fourth-order valence-corrected chi connectivity index (χ4v) is 5.79. The molecule has 0 radical (unpaired) electrons. The molecule has 1 saturated carbocycles. The zero-order valence-electron chi connectivity index (χ0n) is 23.6. The molecule has 2 atom stereocenters. The lowest BCUT2D eigenvalue weighted by Gasteiger charge is -2.36. The normalized spacial score (nSPS) is 22.4. The summed E-state index contributed by atoms with van der Waals surface area (Å²) < 4.78 is 56.3. The smallest absolute Gasteiger partial charge is 0.326 e. The number of aromatic nitrogens is 1. The van der Waals surface area contributed by atoms with Gasteiger partial charge in [-0.15, -0.1) is 0 Å². The van der Waals surface area contributed by atoms with Gasteiger partial charge in [0.25, 0.3) is 5.91 Å². The Kier molecular flexibility index (Phi) is 8.89. The number of hydrogen-bond acceptors (Lipinski definition) is 6. The Morgan fingerprint density at radius 2 is 1.93 bits per heavy atom. The zero-order valence-corrected chi connectivity index (χ0v) is 24.4. The molecule has 3 aliphatic rings. The predicted molar refractivity (Wildman–Crippen MR) is 149 cm³/mol. The van der Waals surface area contributed by atoms with Crippen LogP contribution in [0.5, 0.6) is 11.6 Å². The fourth-order valence-electron chi connectivity index (χ4n) is 5.55.